The Balaban J connectivity index is 1.93. The standard InChI is InChI=1S/C15H10Cl2N4O/c16-11-3-1-10(2-4-11)15(22)20-13-7-12(17)5-6-14(13)21-9-18-8-19-21/h1-9H,(H,20,22). The monoisotopic (exact) mass is 332 g/mol. The van der Waals surface area contributed by atoms with E-state index in [0.717, 1.165) is 0 Å². The van der Waals surface area contributed by atoms with E-state index in [9.17, 15) is 4.79 Å². The summed E-state index contributed by atoms with van der Waals surface area (Å²) in [5, 5.41) is 7.96. The second-order valence-electron chi connectivity index (χ2n) is 4.46. The third-order valence-corrected chi connectivity index (χ3v) is 3.47. The van der Waals surface area contributed by atoms with Crippen LogP contribution in [0, 0.1) is 0 Å². The highest BCUT2D eigenvalue weighted by molar-refractivity contribution is 6.31. The van der Waals surface area contributed by atoms with Crippen molar-refractivity contribution in [2.45, 2.75) is 0 Å². The Kier molecular flexibility index (Phi) is 4.09. The fourth-order valence-corrected chi connectivity index (χ4v) is 2.23. The summed E-state index contributed by atoms with van der Waals surface area (Å²) in [5.74, 6) is -0.264. The Labute approximate surface area is 136 Å². The fraction of sp³-hybridized carbons (Fsp3) is 0. The van der Waals surface area contributed by atoms with Crippen molar-refractivity contribution in [3.05, 3.63) is 70.7 Å². The summed E-state index contributed by atoms with van der Waals surface area (Å²) in [5.41, 5.74) is 1.70. The van der Waals surface area contributed by atoms with Crippen molar-refractivity contribution in [3.8, 4) is 5.69 Å². The zero-order valence-electron chi connectivity index (χ0n) is 11.2. The van der Waals surface area contributed by atoms with Crippen molar-refractivity contribution < 1.29 is 4.79 Å². The molecule has 0 unspecified atom stereocenters. The molecular weight excluding hydrogens is 323 g/mol. The third kappa shape index (κ3) is 3.10. The highest BCUT2D eigenvalue weighted by Crippen LogP contribution is 2.24. The zero-order valence-corrected chi connectivity index (χ0v) is 12.7. The molecule has 1 N–H and O–H groups in total. The molecule has 0 aliphatic carbocycles. The molecule has 110 valence electrons. The molecule has 1 amide bonds. The topological polar surface area (TPSA) is 59.8 Å². The highest BCUT2D eigenvalue weighted by Gasteiger charge is 2.11. The molecule has 0 saturated heterocycles. The lowest BCUT2D eigenvalue weighted by Crippen LogP contribution is -2.14. The largest absolute Gasteiger partial charge is 0.320 e. The van der Waals surface area contributed by atoms with E-state index in [1.165, 1.54) is 6.33 Å². The first-order chi connectivity index (χ1) is 10.6. The van der Waals surface area contributed by atoms with Gasteiger partial charge in [-0.05, 0) is 42.5 Å². The van der Waals surface area contributed by atoms with E-state index in [1.807, 2.05) is 0 Å². The number of halogens is 2. The van der Waals surface area contributed by atoms with Crippen LogP contribution < -0.4 is 5.32 Å². The summed E-state index contributed by atoms with van der Waals surface area (Å²) < 4.78 is 1.55. The lowest BCUT2D eigenvalue weighted by atomic mass is 10.2. The van der Waals surface area contributed by atoms with E-state index in [4.69, 9.17) is 23.2 Å². The van der Waals surface area contributed by atoms with Gasteiger partial charge in [0, 0.05) is 15.6 Å². The molecule has 2 aromatic carbocycles. The molecule has 5 nitrogen and oxygen atoms in total. The minimum atomic E-state index is -0.264. The number of nitrogens with zero attached hydrogens (tertiary/aromatic N) is 3. The number of hydrogen-bond acceptors (Lipinski definition) is 3. The second-order valence-corrected chi connectivity index (χ2v) is 5.34. The quantitative estimate of drug-likeness (QED) is 0.792. The third-order valence-electron chi connectivity index (χ3n) is 2.98. The van der Waals surface area contributed by atoms with Crippen LogP contribution in [0.1, 0.15) is 10.4 Å². The number of carbonyl (C=O) groups excluding carboxylic acids is 1. The van der Waals surface area contributed by atoms with Gasteiger partial charge in [-0.2, -0.15) is 5.10 Å². The zero-order chi connectivity index (χ0) is 15.5. The Bertz CT molecular complexity index is 801. The van der Waals surface area contributed by atoms with Gasteiger partial charge in [0.2, 0.25) is 0 Å². The summed E-state index contributed by atoms with van der Waals surface area (Å²) in [7, 11) is 0. The minimum Gasteiger partial charge on any atom is -0.320 e. The molecule has 0 saturated carbocycles. The maximum absolute atomic E-state index is 12.3. The Morgan fingerprint density at radius 1 is 1.05 bits per heavy atom. The lowest BCUT2D eigenvalue weighted by Gasteiger charge is -2.11. The van der Waals surface area contributed by atoms with Gasteiger partial charge in [-0.1, -0.05) is 23.2 Å². The van der Waals surface area contributed by atoms with Crippen LogP contribution in [-0.4, -0.2) is 20.7 Å². The van der Waals surface area contributed by atoms with Crippen LogP contribution >= 0.6 is 23.2 Å². The molecule has 0 atom stereocenters. The number of anilines is 1. The van der Waals surface area contributed by atoms with E-state index in [1.54, 1.807) is 53.5 Å². The van der Waals surface area contributed by atoms with E-state index in [0.29, 0.717) is 27.0 Å². The van der Waals surface area contributed by atoms with Crippen molar-refractivity contribution in [2.75, 3.05) is 5.32 Å². The molecule has 0 aliphatic heterocycles. The second kappa shape index (κ2) is 6.17. The van der Waals surface area contributed by atoms with Crippen LogP contribution in [0.3, 0.4) is 0 Å². The van der Waals surface area contributed by atoms with Gasteiger partial charge in [-0.25, -0.2) is 9.67 Å². The molecule has 1 aromatic heterocycles. The number of rotatable bonds is 3. The van der Waals surface area contributed by atoms with Crippen LogP contribution in [0.4, 0.5) is 5.69 Å². The van der Waals surface area contributed by atoms with Gasteiger partial charge >= 0.3 is 0 Å². The summed E-state index contributed by atoms with van der Waals surface area (Å²) >= 11 is 11.8. The summed E-state index contributed by atoms with van der Waals surface area (Å²) in [4.78, 5) is 16.2. The first kappa shape index (κ1) is 14.6. The van der Waals surface area contributed by atoms with Crippen molar-refractivity contribution in [2.24, 2.45) is 0 Å². The van der Waals surface area contributed by atoms with E-state index in [2.05, 4.69) is 15.4 Å². The van der Waals surface area contributed by atoms with Gasteiger partial charge in [0.1, 0.15) is 12.7 Å². The van der Waals surface area contributed by atoms with Crippen LogP contribution in [0.2, 0.25) is 10.0 Å². The molecule has 3 aromatic rings. The van der Waals surface area contributed by atoms with Crippen LogP contribution in [0.15, 0.2) is 55.1 Å². The number of carbonyl (C=O) groups is 1. The predicted molar refractivity (Wildman–Crippen MR) is 85.8 cm³/mol. The first-order valence-electron chi connectivity index (χ1n) is 6.35. The molecule has 0 spiro atoms. The molecule has 1 heterocycles. The molecule has 7 heteroatoms. The molecule has 0 fully saturated rings. The van der Waals surface area contributed by atoms with Gasteiger partial charge in [-0.15, -0.1) is 0 Å². The summed E-state index contributed by atoms with van der Waals surface area (Å²) in [6.45, 7) is 0. The Morgan fingerprint density at radius 3 is 2.45 bits per heavy atom. The van der Waals surface area contributed by atoms with Crippen molar-refractivity contribution in [1.82, 2.24) is 14.8 Å². The maximum atomic E-state index is 12.3. The molecule has 0 bridgehead atoms. The maximum Gasteiger partial charge on any atom is 0.255 e. The minimum absolute atomic E-state index is 0.264. The lowest BCUT2D eigenvalue weighted by molar-refractivity contribution is 0.102. The molecule has 0 radical (unpaired) electrons. The number of nitrogens with one attached hydrogen (secondary N) is 1. The van der Waals surface area contributed by atoms with Gasteiger partial charge < -0.3 is 5.32 Å². The van der Waals surface area contributed by atoms with E-state index < -0.39 is 0 Å². The average molecular weight is 333 g/mol. The Morgan fingerprint density at radius 2 is 1.77 bits per heavy atom. The first-order valence-corrected chi connectivity index (χ1v) is 7.10. The van der Waals surface area contributed by atoms with Crippen LogP contribution in [0.5, 0.6) is 0 Å². The van der Waals surface area contributed by atoms with Crippen molar-refractivity contribution in [3.63, 3.8) is 0 Å². The smallest absolute Gasteiger partial charge is 0.255 e. The summed E-state index contributed by atoms with van der Waals surface area (Å²) in [6, 6.07) is 11.8. The van der Waals surface area contributed by atoms with E-state index in [-0.39, 0.29) is 5.91 Å². The van der Waals surface area contributed by atoms with Gasteiger partial charge in [0.05, 0.1) is 11.4 Å². The highest BCUT2D eigenvalue weighted by atomic mass is 35.5. The number of amides is 1. The average Bonchev–Trinajstić information content (AvgIpc) is 3.02. The number of hydrogen-bond donors (Lipinski definition) is 1. The molecule has 22 heavy (non-hydrogen) atoms. The normalized spacial score (nSPS) is 10.5. The van der Waals surface area contributed by atoms with Crippen molar-refractivity contribution in [1.29, 1.82) is 0 Å². The molecule has 0 aliphatic rings. The van der Waals surface area contributed by atoms with Gasteiger partial charge in [0.15, 0.2) is 0 Å². The SMILES string of the molecule is O=C(Nc1cc(Cl)ccc1-n1cncn1)c1ccc(Cl)cc1. The number of aromatic nitrogens is 3. The van der Waals surface area contributed by atoms with Crippen molar-refractivity contribution >= 4 is 34.8 Å². The van der Waals surface area contributed by atoms with Crippen LogP contribution in [-0.2, 0) is 0 Å². The fourth-order valence-electron chi connectivity index (χ4n) is 1.94. The summed E-state index contributed by atoms with van der Waals surface area (Å²) in [6.07, 6.45) is 2.96. The van der Waals surface area contributed by atoms with Crippen LogP contribution in [0.25, 0.3) is 5.69 Å². The molecular formula is C15H10Cl2N4O. The number of benzene rings is 2. The predicted octanol–water partition coefficient (Wildman–Crippen LogP) is 3.83. The van der Waals surface area contributed by atoms with Gasteiger partial charge in [0.25, 0.3) is 5.91 Å². The molecule has 3 rings (SSSR count). The van der Waals surface area contributed by atoms with E-state index >= 15 is 0 Å². The van der Waals surface area contributed by atoms with Gasteiger partial charge in [-0.3, -0.25) is 4.79 Å². The Hall–Kier alpha value is -2.37.